The smallest absolute Gasteiger partial charge is 0.362 e. The van der Waals surface area contributed by atoms with Crippen molar-refractivity contribution in [1.82, 2.24) is 10.2 Å². The Bertz CT molecular complexity index is 544. The zero-order valence-electron chi connectivity index (χ0n) is 10.9. The molecule has 2 atom stereocenters. The number of nitrogens with zero attached hydrogens (tertiary/aromatic N) is 1. The molecule has 0 spiro atoms. The van der Waals surface area contributed by atoms with E-state index >= 15 is 0 Å². The lowest BCUT2D eigenvalue weighted by molar-refractivity contribution is -0.159. The summed E-state index contributed by atoms with van der Waals surface area (Å²) in [6.07, 6.45) is -1.17. The summed E-state index contributed by atoms with van der Waals surface area (Å²) in [6, 6.07) is 1.98. The van der Waals surface area contributed by atoms with Crippen LogP contribution in [0.3, 0.4) is 0 Å². The second kappa shape index (κ2) is 4.95. The van der Waals surface area contributed by atoms with Crippen LogP contribution in [0, 0.1) is 0 Å². The molecule has 1 N–H and O–H groups in total. The van der Waals surface area contributed by atoms with E-state index in [-0.39, 0.29) is 17.3 Å². The van der Waals surface area contributed by atoms with E-state index in [0.29, 0.717) is 0 Å². The van der Waals surface area contributed by atoms with Gasteiger partial charge in [-0.3, -0.25) is 4.79 Å². The molecule has 108 valence electrons. The number of esters is 1. The molecule has 8 heteroatoms. The molecule has 20 heavy (non-hydrogen) atoms. The van der Waals surface area contributed by atoms with Gasteiger partial charge >= 0.3 is 12.0 Å². The number of hydrogen-bond acceptors (Lipinski definition) is 5. The monoisotopic (exact) mass is 284 g/mol. The molecule has 0 aromatic carbocycles. The van der Waals surface area contributed by atoms with E-state index in [9.17, 15) is 18.8 Å². The van der Waals surface area contributed by atoms with Crippen molar-refractivity contribution in [2.24, 2.45) is 0 Å². The van der Waals surface area contributed by atoms with Gasteiger partial charge in [0.1, 0.15) is 5.76 Å². The minimum Gasteiger partial charge on any atom is -0.466 e. The van der Waals surface area contributed by atoms with Crippen molar-refractivity contribution in [2.75, 3.05) is 6.61 Å². The van der Waals surface area contributed by atoms with E-state index < -0.39 is 29.7 Å². The number of carbonyl (C=O) groups excluding carboxylic acids is 3. The first-order chi connectivity index (χ1) is 9.41. The maximum atomic E-state index is 13.9. The molecule has 1 aromatic heterocycles. The van der Waals surface area contributed by atoms with Crippen LogP contribution in [-0.4, -0.2) is 35.7 Å². The van der Waals surface area contributed by atoms with Gasteiger partial charge in [-0.15, -0.1) is 0 Å². The molecule has 1 aliphatic rings. The molecule has 0 aliphatic carbocycles. The van der Waals surface area contributed by atoms with E-state index in [2.05, 4.69) is 10.1 Å². The summed E-state index contributed by atoms with van der Waals surface area (Å²) in [4.78, 5) is 35.5. The molecule has 3 amide bonds. The van der Waals surface area contributed by atoms with Crippen molar-refractivity contribution in [2.45, 2.75) is 25.7 Å². The Kier molecular flexibility index (Phi) is 3.47. The summed E-state index contributed by atoms with van der Waals surface area (Å²) in [6.45, 7) is 2.80. The van der Waals surface area contributed by atoms with Gasteiger partial charge in [0.05, 0.1) is 12.9 Å². The van der Waals surface area contributed by atoms with Gasteiger partial charge in [0, 0.05) is 0 Å². The van der Waals surface area contributed by atoms with E-state index in [1.807, 2.05) is 0 Å². The van der Waals surface area contributed by atoms with Gasteiger partial charge in [-0.1, -0.05) is 0 Å². The van der Waals surface area contributed by atoms with Gasteiger partial charge in [0.25, 0.3) is 12.2 Å². The SMILES string of the molecule is CCOC(=O)C(F)N1C(=O)NC(C)(c2ccco2)C1=O. The molecule has 7 nitrogen and oxygen atoms in total. The Morgan fingerprint density at radius 2 is 2.30 bits per heavy atom. The minimum absolute atomic E-state index is 0.0572. The number of carbonyl (C=O) groups is 3. The number of hydrogen-bond donors (Lipinski definition) is 1. The van der Waals surface area contributed by atoms with Gasteiger partial charge < -0.3 is 14.5 Å². The zero-order chi connectivity index (χ0) is 14.9. The third-order valence-electron chi connectivity index (χ3n) is 2.94. The highest BCUT2D eigenvalue weighted by molar-refractivity contribution is 6.09. The van der Waals surface area contributed by atoms with E-state index in [1.165, 1.54) is 32.2 Å². The number of ether oxygens (including phenoxy) is 1. The summed E-state index contributed by atoms with van der Waals surface area (Å²) in [5, 5.41) is 2.31. The minimum atomic E-state index is -2.49. The van der Waals surface area contributed by atoms with Crippen LogP contribution >= 0.6 is 0 Å². The first-order valence-electron chi connectivity index (χ1n) is 5.92. The number of alkyl halides is 1. The summed E-state index contributed by atoms with van der Waals surface area (Å²) in [5.74, 6) is -2.06. The number of urea groups is 1. The predicted octanol–water partition coefficient (Wildman–Crippen LogP) is 0.905. The number of amides is 3. The zero-order valence-corrected chi connectivity index (χ0v) is 10.9. The van der Waals surface area contributed by atoms with Crippen LogP contribution < -0.4 is 5.32 Å². The highest BCUT2D eigenvalue weighted by Crippen LogP contribution is 2.30. The van der Waals surface area contributed by atoms with Crippen molar-refractivity contribution in [3.05, 3.63) is 24.2 Å². The molecule has 0 radical (unpaired) electrons. The Hall–Kier alpha value is -2.38. The summed E-state index contributed by atoms with van der Waals surface area (Å²) in [5.41, 5.74) is -1.54. The maximum absolute atomic E-state index is 13.9. The Morgan fingerprint density at radius 1 is 1.60 bits per heavy atom. The molecule has 1 fully saturated rings. The lowest BCUT2D eigenvalue weighted by Crippen LogP contribution is -2.45. The molecule has 1 aromatic rings. The topological polar surface area (TPSA) is 88.8 Å². The van der Waals surface area contributed by atoms with Crippen LogP contribution in [0.2, 0.25) is 0 Å². The second-order valence-corrected chi connectivity index (χ2v) is 4.30. The number of furan rings is 1. The standard InChI is InChI=1S/C12H13FN2O5/c1-3-19-9(16)8(13)15-10(17)12(2,14-11(15)18)7-5-4-6-20-7/h4-6,8H,3H2,1-2H3,(H,14,18). The fraction of sp³-hybridized carbons (Fsp3) is 0.417. The Morgan fingerprint density at radius 3 is 2.85 bits per heavy atom. The second-order valence-electron chi connectivity index (χ2n) is 4.30. The first-order valence-corrected chi connectivity index (χ1v) is 5.92. The molecule has 2 rings (SSSR count). The van der Waals surface area contributed by atoms with Gasteiger partial charge in [-0.25, -0.2) is 18.9 Å². The average Bonchev–Trinajstić information content (AvgIpc) is 2.99. The highest BCUT2D eigenvalue weighted by Gasteiger charge is 2.55. The maximum Gasteiger partial charge on any atom is 0.362 e. The van der Waals surface area contributed by atoms with Crippen molar-refractivity contribution in [1.29, 1.82) is 0 Å². The van der Waals surface area contributed by atoms with Gasteiger partial charge in [0.2, 0.25) is 0 Å². The summed E-state index contributed by atoms with van der Waals surface area (Å²) in [7, 11) is 0. The highest BCUT2D eigenvalue weighted by atomic mass is 19.1. The summed E-state index contributed by atoms with van der Waals surface area (Å²) >= 11 is 0. The van der Waals surface area contributed by atoms with Crippen LogP contribution in [-0.2, 0) is 19.9 Å². The number of nitrogens with one attached hydrogen (secondary N) is 1. The number of halogens is 1. The molecule has 0 bridgehead atoms. The Labute approximate surface area is 113 Å². The largest absolute Gasteiger partial charge is 0.466 e. The van der Waals surface area contributed by atoms with Crippen molar-refractivity contribution in [3.63, 3.8) is 0 Å². The lowest BCUT2D eigenvalue weighted by Gasteiger charge is -2.20. The molecule has 2 heterocycles. The van der Waals surface area contributed by atoms with Gasteiger partial charge in [0.15, 0.2) is 5.54 Å². The quantitative estimate of drug-likeness (QED) is 0.504. The summed E-state index contributed by atoms with van der Waals surface area (Å²) < 4.78 is 23.4. The normalized spacial score (nSPS) is 23.6. The third-order valence-corrected chi connectivity index (χ3v) is 2.94. The molecule has 1 aliphatic heterocycles. The van der Waals surface area contributed by atoms with Crippen molar-refractivity contribution in [3.8, 4) is 0 Å². The van der Waals surface area contributed by atoms with Gasteiger partial charge in [-0.05, 0) is 26.0 Å². The van der Waals surface area contributed by atoms with Crippen LogP contribution in [0.25, 0.3) is 0 Å². The van der Waals surface area contributed by atoms with Crippen LogP contribution in [0.4, 0.5) is 9.18 Å². The van der Waals surface area contributed by atoms with Crippen LogP contribution in [0.5, 0.6) is 0 Å². The predicted molar refractivity (Wildman–Crippen MR) is 63.0 cm³/mol. The number of imide groups is 1. The molecule has 2 unspecified atom stereocenters. The van der Waals surface area contributed by atoms with Crippen LogP contribution in [0.1, 0.15) is 19.6 Å². The average molecular weight is 284 g/mol. The molecular weight excluding hydrogens is 271 g/mol. The van der Waals surface area contributed by atoms with Gasteiger partial charge in [-0.2, -0.15) is 0 Å². The lowest BCUT2D eigenvalue weighted by atomic mass is 9.99. The van der Waals surface area contributed by atoms with E-state index in [4.69, 9.17) is 4.42 Å². The molecule has 0 saturated carbocycles. The van der Waals surface area contributed by atoms with E-state index in [0.717, 1.165) is 0 Å². The van der Waals surface area contributed by atoms with E-state index in [1.54, 1.807) is 0 Å². The van der Waals surface area contributed by atoms with Crippen LogP contribution in [0.15, 0.2) is 22.8 Å². The van der Waals surface area contributed by atoms with Crippen molar-refractivity contribution < 1.29 is 27.9 Å². The number of rotatable bonds is 4. The third kappa shape index (κ3) is 2.02. The first kappa shape index (κ1) is 14.0. The fourth-order valence-corrected chi connectivity index (χ4v) is 1.91. The Balaban J connectivity index is 2.28. The fourth-order valence-electron chi connectivity index (χ4n) is 1.91. The molecule has 1 saturated heterocycles. The van der Waals surface area contributed by atoms with Crippen molar-refractivity contribution >= 4 is 17.9 Å². The molecular formula is C12H13FN2O5.